The molecular weight excluding hydrogens is 270 g/mol. The Labute approximate surface area is 127 Å². The van der Waals surface area contributed by atoms with Crippen molar-refractivity contribution in [2.75, 3.05) is 19.7 Å². The van der Waals surface area contributed by atoms with Gasteiger partial charge < -0.3 is 20.6 Å². The van der Waals surface area contributed by atoms with Gasteiger partial charge in [-0.05, 0) is 32.1 Å². The molecule has 1 aliphatic rings. The topological polar surface area (TPSA) is 88.2 Å². The minimum atomic E-state index is -0.901. The lowest BCUT2D eigenvalue weighted by Gasteiger charge is -2.39. The van der Waals surface area contributed by atoms with Gasteiger partial charge in [0.05, 0.1) is 6.10 Å². The highest BCUT2D eigenvalue weighted by atomic mass is 16.5. The van der Waals surface area contributed by atoms with E-state index in [4.69, 9.17) is 15.7 Å². The number of rotatable bonds is 7. The minimum absolute atomic E-state index is 0.00843. The van der Waals surface area contributed by atoms with Crippen molar-refractivity contribution >= 4 is 11.7 Å². The molecule has 1 unspecified atom stereocenters. The molecule has 0 saturated carbocycles. The molecule has 1 amide bonds. The minimum Gasteiger partial charge on any atom is -0.409 e. The fraction of sp³-hybridized carbons (Fsp3) is 0.867. The highest BCUT2D eigenvalue weighted by Gasteiger charge is 2.43. The van der Waals surface area contributed by atoms with E-state index in [2.05, 4.69) is 12.1 Å². The van der Waals surface area contributed by atoms with Crippen LogP contribution in [0.1, 0.15) is 52.9 Å². The summed E-state index contributed by atoms with van der Waals surface area (Å²) in [6, 6.07) is 0. The molecule has 3 N–H and O–H groups in total. The third-order valence-electron chi connectivity index (χ3n) is 4.44. The molecule has 0 spiro atoms. The maximum absolute atomic E-state index is 12.9. The molecule has 1 aliphatic heterocycles. The molecule has 0 aliphatic carbocycles. The van der Waals surface area contributed by atoms with Crippen molar-refractivity contribution in [3.8, 4) is 0 Å². The Morgan fingerprint density at radius 3 is 2.62 bits per heavy atom. The summed E-state index contributed by atoms with van der Waals surface area (Å²) in [5.41, 5.74) is 4.92. The fourth-order valence-corrected chi connectivity index (χ4v) is 2.97. The first-order valence-electron chi connectivity index (χ1n) is 7.94. The number of amidine groups is 1. The summed E-state index contributed by atoms with van der Waals surface area (Å²) < 4.78 is 5.77. The molecule has 1 heterocycles. The largest absolute Gasteiger partial charge is 0.409 e. The SMILES string of the molecule is CCCOC1CCCN(C(=O)C(CC)(CC)C(N)=NO)C1. The van der Waals surface area contributed by atoms with Gasteiger partial charge in [-0.15, -0.1) is 0 Å². The second-order valence-electron chi connectivity index (χ2n) is 5.66. The average molecular weight is 299 g/mol. The van der Waals surface area contributed by atoms with E-state index in [0.717, 1.165) is 25.9 Å². The summed E-state index contributed by atoms with van der Waals surface area (Å²) in [5.74, 6) is -0.0401. The predicted octanol–water partition coefficient (Wildman–Crippen LogP) is 1.96. The van der Waals surface area contributed by atoms with Gasteiger partial charge >= 0.3 is 0 Å². The van der Waals surface area contributed by atoms with E-state index in [1.165, 1.54) is 0 Å². The van der Waals surface area contributed by atoms with Gasteiger partial charge in [0.25, 0.3) is 0 Å². The van der Waals surface area contributed by atoms with Crippen molar-refractivity contribution in [2.24, 2.45) is 16.3 Å². The quantitative estimate of drug-likeness (QED) is 0.325. The van der Waals surface area contributed by atoms with E-state index in [9.17, 15) is 4.79 Å². The summed E-state index contributed by atoms with van der Waals surface area (Å²) in [7, 11) is 0. The predicted molar refractivity (Wildman–Crippen MR) is 82.3 cm³/mol. The van der Waals surface area contributed by atoms with Gasteiger partial charge in [0.15, 0.2) is 5.84 Å². The molecule has 21 heavy (non-hydrogen) atoms. The van der Waals surface area contributed by atoms with Crippen molar-refractivity contribution in [3.05, 3.63) is 0 Å². The van der Waals surface area contributed by atoms with Gasteiger partial charge in [0.1, 0.15) is 5.41 Å². The molecule has 0 aromatic heterocycles. The highest BCUT2D eigenvalue weighted by molar-refractivity contribution is 6.06. The second-order valence-corrected chi connectivity index (χ2v) is 5.66. The zero-order valence-electron chi connectivity index (χ0n) is 13.5. The molecule has 1 atom stereocenters. The van der Waals surface area contributed by atoms with Crippen molar-refractivity contribution in [1.82, 2.24) is 4.90 Å². The molecule has 6 heteroatoms. The zero-order chi connectivity index (χ0) is 15.9. The number of hydrogen-bond donors (Lipinski definition) is 2. The first-order chi connectivity index (χ1) is 10.1. The molecule has 6 nitrogen and oxygen atoms in total. The lowest BCUT2D eigenvalue weighted by atomic mass is 9.79. The fourth-order valence-electron chi connectivity index (χ4n) is 2.97. The Morgan fingerprint density at radius 2 is 2.10 bits per heavy atom. The van der Waals surface area contributed by atoms with Crippen molar-refractivity contribution < 1.29 is 14.7 Å². The molecule has 0 bridgehead atoms. The van der Waals surface area contributed by atoms with Crippen molar-refractivity contribution in [3.63, 3.8) is 0 Å². The zero-order valence-corrected chi connectivity index (χ0v) is 13.5. The van der Waals surface area contributed by atoms with Gasteiger partial charge in [0.2, 0.25) is 5.91 Å². The van der Waals surface area contributed by atoms with Crippen LogP contribution < -0.4 is 5.73 Å². The molecule has 0 radical (unpaired) electrons. The van der Waals surface area contributed by atoms with E-state index < -0.39 is 5.41 Å². The van der Waals surface area contributed by atoms with Gasteiger partial charge in [-0.2, -0.15) is 0 Å². The number of carbonyl (C=O) groups is 1. The van der Waals surface area contributed by atoms with Crippen molar-refractivity contribution in [2.45, 2.75) is 59.0 Å². The number of hydrogen-bond acceptors (Lipinski definition) is 4. The number of carbonyl (C=O) groups excluding carboxylic acids is 1. The molecule has 0 aromatic carbocycles. The Balaban J connectivity index is 2.84. The average Bonchev–Trinajstić information content (AvgIpc) is 2.54. The summed E-state index contributed by atoms with van der Waals surface area (Å²) in [4.78, 5) is 14.7. The number of nitrogens with zero attached hydrogens (tertiary/aromatic N) is 2. The van der Waals surface area contributed by atoms with E-state index in [0.29, 0.717) is 25.9 Å². The maximum Gasteiger partial charge on any atom is 0.236 e. The van der Waals surface area contributed by atoms with Crippen LogP contribution in [0.2, 0.25) is 0 Å². The normalized spacial score (nSPS) is 20.6. The smallest absolute Gasteiger partial charge is 0.236 e. The number of likely N-dealkylation sites (tertiary alicyclic amines) is 1. The highest BCUT2D eigenvalue weighted by Crippen LogP contribution is 2.31. The van der Waals surface area contributed by atoms with Crippen LogP contribution in [0.4, 0.5) is 0 Å². The maximum atomic E-state index is 12.9. The van der Waals surface area contributed by atoms with E-state index in [-0.39, 0.29) is 17.8 Å². The van der Waals surface area contributed by atoms with Crippen LogP contribution in [-0.2, 0) is 9.53 Å². The van der Waals surface area contributed by atoms with Gasteiger partial charge in [-0.25, -0.2) is 0 Å². The summed E-state index contributed by atoms with van der Waals surface area (Å²) in [6.45, 7) is 7.90. The van der Waals surface area contributed by atoms with Gasteiger partial charge in [0, 0.05) is 19.7 Å². The van der Waals surface area contributed by atoms with Crippen LogP contribution in [-0.4, -0.2) is 47.7 Å². The van der Waals surface area contributed by atoms with Crippen LogP contribution in [0.3, 0.4) is 0 Å². The second kappa shape index (κ2) is 8.22. The molecule has 1 rings (SSSR count). The van der Waals surface area contributed by atoms with Crippen LogP contribution in [0.25, 0.3) is 0 Å². The van der Waals surface area contributed by atoms with Crippen molar-refractivity contribution in [1.29, 1.82) is 0 Å². The lowest BCUT2D eigenvalue weighted by molar-refractivity contribution is -0.143. The number of oxime groups is 1. The molecule has 1 fully saturated rings. The standard InChI is InChI=1S/C15H29N3O3/c1-4-10-21-12-8-7-9-18(11-12)14(19)15(5-2,6-3)13(16)17-20/h12,20H,4-11H2,1-3H3,(H2,16,17). The lowest BCUT2D eigenvalue weighted by Crippen LogP contribution is -2.54. The monoisotopic (exact) mass is 299 g/mol. The molecule has 122 valence electrons. The number of piperidine rings is 1. The molecule has 1 saturated heterocycles. The molecule has 0 aromatic rings. The van der Waals surface area contributed by atoms with E-state index in [1.807, 2.05) is 18.7 Å². The van der Waals surface area contributed by atoms with Crippen LogP contribution >= 0.6 is 0 Å². The van der Waals surface area contributed by atoms with Gasteiger partial charge in [-0.3, -0.25) is 4.79 Å². The molecular formula is C15H29N3O3. The number of ether oxygens (including phenoxy) is 1. The third-order valence-corrected chi connectivity index (χ3v) is 4.44. The van der Waals surface area contributed by atoms with E-state index in [1.54, 1.807) is 0 Å². The van der Waals surface area contributed by atoms with Crippen LogP contribution in [0.5, 0.6) is 0 Å². The summed E-state index contributed by atoms with van der Waals surface area (Å²) >= 11 is 0. The number of amides is 1. The third kappa shape index (κ3) is 3.87. The first kappa shape index (κ1) is 17.8. The number of nitrogens with two attached hydrogens (primary N) is 1. The Kier molecular flexibility index (Phi) is 6.95. The van der Waals surface area contributed by atoms with Crippen LogP contribution in [0, 0.1) is 5.41 Å². The Morgan fingerprint density at radius 1 is 1.43 bits per heavy atom. The Hall–Kier alpha value is -1.30. The Bertz CT molecular complexity index is 367. The first-order valence-corrected chi connectivity index (χ1v) is 7.94. The van der Waals surface area contributed by atoms with E-state index >= 15 is 0 Å². The van der Waals surface area contributed by atoms with Gasteiger partial charge in [-0.1, -0.05) is 25.9 Å². The summed E-state index contributed by atoms with van der Waals surface area (Å²) in [5, 5.41) is 12.1. The van der Waals surface area contributed by atoms with Crippen LogP contribution in [0.15, 0.2) is 5.16 Å². The summed E-state index contributed by atoms with van der Waals surface area (Å²) in [6.07, 6.45) is 4.03.